The van der Waals surface area contributed by atoms with E-state index in [-0.39, 0.29) is 36.4 Å². The first-order valence-corrected chi connectivity index (χ1v) is 14.4. The summed E-state index contributed by atoms with van der Waals surface area (Å²) in [6.45, 7) is 0. The van der Waals surface area contributed by atoms with E-state index in [4.69, 9.17) is 14.2 Å². The summed E-state index contributed by atoms with van der Waals surface area (Å²) in [5.41, 5.74) is 0.320. The van der Waals surface area contributed by atoms with E-state index < -0.39 is 71.0 Å². The molecular weight excluding hydrogens is 536 g/mol. The van der Waals surface area contributed by atoms with E-state index in [1.807, 2.05) is 66.7 Å². The molecule has 3 aliphatic heterocycles. The Balaban J connectivity index is 1.28. The maximum atomic E-state index is 14.7. The van der Waals surface area contributed by atoms with Crippen molar-refractivity contribution < 1.29 is 38.5 Å². The number of esters is 2. The van der Waals surface area contributed by atoms with Gasteiger partial charge in [-0.2, -0.15) is 0 Å². The zero-order valence-electron chi connectivity index (χ0n) is 22.6. The molecule has 0 amide bonds. The number of hydrogen-bond acceptors (Lipinski definition) is 8. The van der Waals surface area contributed by atoms with Crippen molar-refractivity contribution in [3.8, 4) is 0 Å². The van der Waals surface area contributed by atoms with Gasteiger partial charge < -0.3 is 19.3 Å². The van der Waals surface area contributed by atoms with E-state index in [0.29, 0.717) is 5.76 Å². The molecule has 3 heterocycles. The van der Waals surface area contributed by atoms with Gasteiger partial charge in [0, 0.05) is 41.6 Å². The topological polar surface area (TPSA) is 116 Å². The van der Waals surface area contributed by atoms with E-state index in [2.05, 4.69) is 0 Å². The van der Waals surface area contributed by atoms with Crippen LogP contribution < -0.4 is 0 Å². The lowest BCUT2D eigenvalue weighted by Crippen LogP contribution is -2.69. The molecule has 4 aliphatic carbocycles. The average molecular weight is 565 g/mol. The summed E-state index contributed by atoms with van der Waals surface area (Å²) in [6, 6.07) is 18.8. The fraction of sp³-hybridized carbons (Fsp3) is 0.353. The number of carbonyl (C=O) groups is 4. The molecule has 2 saturated carbocycles. The lowest BCUT2D eigenvalue weighted by atomic mass is 9.41. The van der Waals surface area contributed by atoms with Gasteiger partial charge in [0.25, 0.3) is 0 Å². The second-order valence-electron chi connectivity index (χ2n) is 12.1. The van der Waals surface area contributed by atoms with Crippen LogP contribution >= 0.6 is 0 Å². The van der Waals surface area contributed by atoms with Crippen molar-refractivity contribution in [2.75, 3.05) is 0 Å². The molecule has 0 unspecified atom stereocenters. The quantitative estimate of drug-likeness (QED) is 0.331. The fourth-order valence-electron chi connectivity index (χ4n) is 8.69. The first-order valence-electron chi connectivity index (χ1n) is 14.4. The molecule has 8 nitrogen and oxygen atoms in total. The molecule has 0 radical (unpaired) electrons. The van der Waals surface area contributed by atoms with Gasteiger partial charge in [0.2, 0.25) is 0 Å². The maximum absolute atomic E-state index is 14.7. The van der Waals surface area contributed by atoms with Crippen molar-refractivity contribution in [2.24, 2.45) is 35.0 Å². The summed E-state index contributed by atoms with van der Waals surface area (Å²) >= 11 is 0. The lowest BCUT2D eigenvalue weighted by Gasteiger charge is -2.62. The number of Topliss-reactive ketones (excluding diaryl/α,β-unsaturated/α-hetero) is 2. The van der Waals surface area contributed by atoms with Gasteiger partial charge in [-0.25, -0.2) is 0 Å². The number of ketones is 2. The lowest BCUT2D eigenvalue weighted by molar-refractivity contribution is -0.197. The molecule has 5 fully saturated rings. The summed E-state index contributed by atoms with van der Waals surface area (Å²) in [4.78, 5) is 54.7. The van der Waals surface area contributed by atoms with Crippen molar-refractivity contribution in [3.63, 3.8) is 0 Å². The number of aliphatic hydroxyl groups is 1. The van der Waals surface area contributed by atoms with Crippen LogP contribution in [0, 0.1) is 35.0 Å². The van der Waals surface area contributed by atoms with Crippen LogP contribution in [0.2, 0.25) is 0 Å². The highest BCUT2D eigenvalue weighted by atomic mass is 16.6. The molecule has 8 heteroatoms. The van der Waals surface area contributed by atoms with E-state index in [1.165, 1.54) is 6.08 Å². The van der Waals surface area contributed by atoms with Gasteiger partial charge in [-0.15, -0.1) is 0 Å². The normalized spacial score (nSPS) is 39.0. The zero-order valence-corrected chi connectivity index (χ0v) is 22.6. The molecule has 1 spiro atoms. The van der Waals surface area contributed by atoms with Crippen molar-refractivity contribution >= 4 is 29.6 Å². The summed E-state index contributed by atoms with van der Waals surface area (Å²) in [5.74, 6) is -4.59. The van der Waals surface area contributed by atoms with E-state index in [9.17, 15) is 24.3 Å². The predicted octanol–water partition coefficient (Wildman–Crippen LogP) is 4.43. The van der Waals surface area contributed by atoms with Crippen LogP contribution in [-0.2, 0) is 33.4 Å². The largest absolute Gasteiger partial charge is 0.508 e. The van der Waals surface area contributed by atoms with Gasteiger partial charge in [0.1, 0.15) is 35.2 Å². The first kappa shape index (κ1) is 25.3. The highest BCUT2D eigenvalue weighted by Gasteiger charge is 2.77. The average Bonchev–Trinajstić information content (AvgIpc) is 3.59. The molecule has 7 aliphatic rings. The minimum Gasteiger partial charge on any atom is -0.508 e. The number of carbonyl (C=O) groups excluding carboxylic acids is 4. The van der Waals surface area contributed by atoms with Crippen LogP contribution in [0.4, 0.5) is 0 Å². The Bertz CT molecular complexity index is 1620. The van der Waals surface area contributed by atoms with Crippen molar-refractivity contribution in [3.05, 3.63) is 101 Å². The molecule has 2 aromatic carbocycles. The van der Waals surface area contributed by atoms with Gasteiger partial charge in [-0.05, 0) is 23.3 Å². The molecular formula is C34H28O8. The second-order valence-corrected chi connectivity index (χ2v) is 12.1. The third kappa shape index (κ3) is 3.35. The van der Waals surface area contributed by atoms with Gasteiger partial charge in [-0.1, -0.05) is 66.7 Å². The molecule has 212 valence electrons. The summed E-state index contributed by atoms with van der Waals surface area (Å²) in [5, 5.41) is 11.4. The van der Waals surface area contributed by atoms with Crippen molar-refractivity contribution in [1.29, 1.82) is 0 Å². The van der Waals surface area contributed by atoms with E-state index in [0.717, 1.165) is 11.1 Å². The number of benzene rings is 2. The Morgan fingerprint density at radius 2 is 1.52 bits per heavy atom. The molecule has 42 heavy (non-hydrogen) atoms. The number of hydrogen-bond donors (Lipinski definition) is 1. The first-order chi connectivity index (χ1) is 20.4. The fourth-order valence-corrected chi connectivity index (χ4v) is 8.69. The van der Waals surface area contributed by atoms with Gasteiger partial charge >= 0.3 is 11.9 Å². The highest BCUT2D eigenvalue weighted by Crippen LogP contribution is 2.70. The molecule has 2 bridgehead atoms. The van der Waals surface area contributed by atoms with Crippen molar-refractivity contribution in [1.82, 2.24) is 0 Å². The van der Waals surface area contributed by atoms with Gasteiger partial charge in [0.05, 0.1) is 12.8 Å². The number of fused-ring (bicyclic) bond motifs is 1. The van der Waals surface area contributed by atoms with Crippen LogP contribution in [0.5, 0.6) is 0 Å². The third-order valence-electron chi connectivity index (χ3n) is 10.2. The number of aliphatic hydroxyl groups excluding tert-OH is 1. The number of rotatable bonds is 3. The van der Waals surface area contributed by atoms with Gasteiger partial charge in [-0.3, -0.25) is 19.2 Å². The Hall–Kier alpha value is -4.46. The molecule has 1 N–H and O–H groups in total. The van der Waals surface area contributed by atoms with E-state index >= 15 is 0 Å². The molecule has 2 aromatic rings. The monoisotopic (exact) mass is 564 g/mol. The standard InChI is InChI=1S/C34H28O8/c35-22(12-11-17-7-3-1-4-8-17)28-20-14-26(37)42-33(20)29-19-13-25-34(30(29)31(28)39,21-15-27(38)41-32(19)21)24(36)16-23(40-25)18-9-5-2-6-10-18/h1-13,19-21,23,29-30,32-33,35H,14-16H2/b12-11+,28-22-/t19-,20+,21-,23+,29+,30-,32-,33+,34-/m0/s1. The number of allylic oxidation sites excluding steroid dienone is 2. The van der Waals surface area contributed by atoms with Crippen LogP contribution in [0.25, 0.3) is 6.08 Å². The minimum absolute atomic E-state index is 0.00701. The van der Waals surface area contributed by atoms with E-state index in [1.54, 1.807) is 6.08 Å². The van der Waals surface area contributed by atoms with Gasteiger partial charge in [0.15, 0.2) is 11.6 Å². The van der Waals surface area contributed by atoms with Crippen LogP contribution in [0.1, 0.15) is 36.5 Å². The van der Waals surface area contributed by atoms with Crippen LogP contribution in [0.3, 0.4) is 0 Å². The SMILES string of the molecule is O=C1C[C@@H]2/C(=C(O)\C=C\c3ccccc3)C(=O)[C@@H]3[C@@H]([C@@H]4C=C5O[C@@H](c6ccccc6)CC(=O)[C@@]53[C@H]3CC(=O)O[C@@H]43)[C@@H]2O1. The predicted molar refractivity (Wildman–Crippen MR) is 147 cm³/mol. The Kier molecular flexibility index (Phi) is 5.42. The summed E-state index contributed by atoms with van der Waals surface area (Å²) in [6.07, 6.45) is 3.09. The molecule has 0 aromatic heterocycles. The summed E-state index contributed by atoms with van der Waals surface area (Å²) in [7, 11) is 0. The Morgan fingerprint density at radius 3 is 2.29 bits per heavy atom. The Labute approximate surface area is 241 Å². The van der Waals surface area contributed by atoms with Crippen LogP contribution in [0.15, 0.2) is 89.9 Å². The third-order valence-corrected chi connectivity index (χ3v) is 10.2. The second kappa shape index (κ2) is 9.02. The maximum Gasteiger partial charge on any atom is 0.306 e. The minimum atomic E-state index is -1.45. The van der Waals surface area contributed by atoms with Crippen LogP contribution in [-0.4, -0.2) is 40.8 Å². The molecule has 9 atom stereocenters. The smallest absolute Gasteiger partial charge is 0.306 e. The zero-order chi connectivity index (χ0) is 28.7. The highest BCUT2D eigenvalue weighted by molar-refractivity contribution is 6.07. The molecule has 9 rings (SSSR count). The molecule has 3 saturated heterocycles. The summed E-state index contributed by atoms with van der Waals surface area (Å²) < 4.78 is 18.2. The Morgan fingerprint density at radius 1 is 0.833 bits per heavy atom. The number of ether oxygens (including phenoxy) is 3. The van der Waals surface area contributed by atoms with Crippen molar-refractivity contribution in [2.45, 2.75) is 37.6 Å².